The lowest BCUT2D eigenvalue weighted by Crippen LogP contribution is -2.40. The molecule has 0 saturated carbocycles. The van der Waals surface area contributed by atoms with Gasteiger partial charge in [0, 0.05) is 36.3 Å². The fourth-order valence-corrected chi connectivity index (χ4v) is 3.65. The largest absolute Gasteiger partial charge is 0.355 e. The second-order valence-corrected chi connectivity index (χ2v) is 7.13. The number of anilines is 1. The lowest BCUT2D eigenvalue weighted by atomic mass is 10.1. The van der Waals surface area contributed by atoms with Crippen LogP contribution in [0.2, 0.25) is 0 Å². The van der Waals surface area contributed by atoms with E-state index >= 15 is 0 Å². The average Bonchev–Trinajstić information content (AvgIpc) is 3.18. The normalized spacial score (nSPS) is 15.2. The highest BCUT2D eigenvalue weighted by atomic mass is 15.2. The molecule has 140 valence electrons. The third kappa shape index (κ3) is 3.10. The molecule has 7 nitrogen and oxygen atoms in total. The minimum Gasteiger partial charge on any atom is -0.355 e. The SMILES string of the molecule is NC1CCN(c2cncc(-c3n[nH]c4ccc(-c5ccccn5)cc34)n2)CC1. The molecule has 3 aromatic heterocycles. The predicted octanol–water partition coefficient (Wildman–Crippen LogP) is 3.01. The zero-order valence-electron chi connectivity index (χ0n) is 15.4. The maximum absolute atomic E-state index is 6.02. The van der Waals surface area contributed by atoms with Crippen molar-refractivity contribution >= 4 is 16.7 Å². The van der Waals surface area contributed by atoms with Crippen molar-refractivity contribution < 1.29 is 0 Å². The molecule has 4 heterocycles. The first kappa shape index (κ1) is 16.8. The first-order valence-corrected chi connectivity index (χ1v) is 9.50. The van der Waals surface area contributed by atoms with Crippen LogP contribution >= 0.6 is 0 Å². The Labute approximate surface area is 162 Å². The number of rotatable bonds is 3. The summed E-state index contributed by atoms with van der Waals surface area (Å²) in [5, 5.41) is 8.62. The zero-order chi connectivity index (χ0) is 18.9. The van der Waals surface area contributed by atoms with Crippen molar-refractivity contribution in [3.8, 4) is 22.6 Å². The number of benzene rings is 1. The van der Waals surface area contributed by atoms with E-state index < -0.39 is 0 Å². The molecule has 3 N–H and O–H groups in total. The number of piperidine rings is 1. The molecule has 1 aliphatic rings. The number of H-pyrrole nitrogens is 1. The van der Waals surface area contributed by atoms with Gasteiger partial charge in [-0.2, -0.15) is 5.10 Å². The molecule has 0 radical (unpaired) electrons. The summed E-state index contributed by atoms with van der Waals surface area (Å²) in [5.74, 6) is 0.876. The van der Waals surface area contributed by atoms with E-state index in [1.807, 2.05) is 36.5 Å². The molecule has 1 saturated heterocycles. The second kappa shape index (κ2) is 7.01. The molecule has 0 amide bonds. The first-order valence-electron chi connectivity index (χ1n) is 9.50. The number of nitrogens with zero attached hydrogens (tertiary/aromatic N) is 5. The zero-order valence-corrected chi connectivity index (χ0v) is 15.4. The summed E-state index contributed by atoms with van der Waals surface area (Å²) >= 11 is 0. The molecular weight excluding hydrogens is 350 g/mol. The van der Waals surface area contributed by atoms with Crippen LogP contribution in [0.4, 0.5) is 5.82 Å². The molecule has 5 rings (SSSR count). The van der Waals surface area contributed by atoms with Crippen molar-refractivity contribution in [1.82, 2.24) is 25.1 Å². The Hall–Kier alpha value is -3.32. The smallest absolute Gasteiger partial charge is 0.147 e. The molecule has 28 heavy (non-hydrogen) atoms. The molecule has 1 aliphatic heterocycles. The molecule has 0 bridgehead atoms. The topological polar surface area (TPSA) is 96.6 Å². The van der Waals surface area contributed by atoms with Gasteiger partial charge in [0.25, 0.3) is 0 Å². The first-order chi connectivity index (χ1) is 13.8. The second-order valence-electron chi connectivity index (χ2n) is 7.13. The Kier molecular flexibility index (Phi) is 4.21. The summed E-state index contributed by atoms with van der Waals surface area (Å²) in [6, 6.07) is 12.4. The van der Waals surface area contributed by atoms with Crippen LogP contribution in [-0.4, -0.2) is 44.3 Å². The number of aromatic nitrogens is 5. The van der Waals surface area contributed by atoms with E-state index in [2.05, 4.69) is 31.1 Å². The molecule has 7 heteroatoms. The molecule has 0 spiro atoms. The van der Waals surface area contributed by atoms with Crippen LogP contribution in [-0.2, 0) is 0 Å². The number of aromatic amines is 1. The number of nitrogens with one attached hydrogen (secondary N) is 1. The third-order valence-electron chi connectivity index (χ3n) is 5.25. The van der Waals surface area contributed by atoms with Crippen molar-refractivity contribution in [2.24, 2.45) is 5.73 Å². The highest BCUT2D eigenvalue weighted by molar-refractivity contribution is 5.94. The maximum atomic E-state index is 6.02. The van der Waals surface area contributed by atoms with Crippen molar-refractivity contribution in [3.05, 3.63) is 55.0 Å². The molecule has 1 aromatic carbocycles. The van der Waals surface area contributed by atoms with Crippen molar-refractivity contribution in [1.29, 1.82) is 0 Å². The van der Waals surface area contributed by atoms with Gasteiger partial charge in [-0.25, -0.2) is 4.98 Å². The van der Waals surface area contributed by atoms with Gasteiger partial charge >= 0.3 is 0 Å². The summed E-state index contributed by atoms with van der Waals surface area (Å²) in [5.41, 5.74) is 10.5. The summed E-state index contributed by atoms with van der Waals surface area (Å²) in [7, 11) is 0. The third-order valence-corrected chi connectivity index (χ3v) is 5.25. The Morgan fingerprint density at radius 1 is 1.04 bits per heavy atom. The summed E-state index contributed by atoms with van der Waals surface area (Å²) < 4.78 is 0. The monoisotopic (exact) mass is 371 g/mol. The molecule has 0 unspecified atom stereocenters. The Morgan fingerprint density at radius 2 is 1.93 bits per heavy atom. The van der Waals surface area contributed by atoms with Crippen molar-refractivity contribution in [2.75, 3.05) is 18.0 Å². The summed E-state index contributed by atoms with van der Waals surface area (Å²) in [6.45, 7) is 1.81. The van der Waals surface area contributed by atoms with Crippen LogP contribution in [0.5, 0.6) is 0 Å². The van der Waals surface area contributed by atoms with Gasteiger partial charge in [-0.15, -0.1) is 0 Å². The molecule has 1 fully saturated rings. The van der Waals surface area contributed by atoms with E-state index in [0.717, 1.165) is 65.3 Å². The van der Waals surface area contributed by atoms with Crippen molar-refractivity contribution in [2.45, 2.75) is 18.9 Å². The minimum absolute atomic E-state index is 0.285. The van der Waals surface area contributed by atoms with Gasteiger partial charge in [-0.3, -0.25) is 15.1 Å². The van der Waals surface area contributed by atoms with Crippen LogP contribution in [0.15, 0.2) is 55.0 Å². The van der Waals surface area contributed by atoms with Gasteiger partial charge in [0.15, 0.2) is 0 Å². The van der Waals surface area contributed by atoms with Crippen LogP contribution in [0.25, 0.3) is 33.5 Å². The van der Waals surface area contributed by atoms with Gasteiger partial charge in [-0.1, -0.05) is 12.1 Å². The van der Waals surface area contributed by atoms with E-state index in [1.54, 1.807) is 12.4 Å². The van der Waals surface area contributed by atoms with Crippen LogP contribution in [0.1, 0.15) is 12.8 Å². The van der Waals surface area contributed by atoms with E-state index in [0.29, 0.717) is 0 Å². The Bertz CT molecular complexity index is 1100. The minimum atomic E-state index is 0.285. The maximum Gasteiger partial charge on any atom is 0.147 e. The highest BCUT2D eigenvalue weighted by Gasteiger charge is 2.19. The van der Waals surface area contributed by atoms with Crippen molar-refractivity contribution in [3.63, 3.8) is 0 Å². The lowest BCUT2D eigenvalue weighted by molar-refractivity contribution is 0.498. The lowest BCUT2D eigenvalue weighted by Gasteiger charge is -2.30. The van der Waals surface area contributed by atoms with Crippen LogP contribution in [0, 0.1) is 0 Å². The predicted molar refractivity (Wildman–Crippen MR) is 110 cm³/mol. The number of pyridine rings is 1. The molecule has 4 aromatic rings. The fraction of sp³-hybridized carbons (Fsp3) is 0.238. The summed E-state index contributed by atoms with van der Waals surface area (Å²) in [6.07, 6.45) is 7.33. The van der Waals surface area contributed by atoms with Gasteiger partial charge in [0.2, 0.25) is 0 Å². The number of hydrogen-bond acceptors (Lipinski definition) is 6. The molecular formula is C21H21N7. The van der Waals surface area contributed by atoms with Gasteiger partial charge in [-0.05, 0) is 37.1 Å². The standard InChI is InChI=1S/C21H21N7/c22-15-6-9-28(10-7-15)20-13-23-12-19(25-20)21-16-11-14(4-5-18(16)26-27-21)17-3-1-2-8-24-17/h1-5,8,11-13,15H,6-7,9-10,22H2,(H,26,27). The van der Waals surface area contributed by atoms with E-state index in [-0.39, 0.29) is 6.04 Å². The number of fused-ring (bicyclic) bond motifs is 1. The quantitative estimate of drug-likeness (QED) is 0.575. The average molecular weight is 371 g/mol. The Balaban J connectivity index is 1.53. The fourth-order valence-electron chi connectivity index (χ4n) is 3.65. The van der Waals surface area contributed by atoms with E-state index in [1.165, 1.54) is 0 Å². The van der Waals surface area contributed by atoms with Crippen LogP contribution in [0.3, 0.4) is 0 Å². The molecule has 0 aliphatic carbocycles. The van der Waals surface area contributed by atoms with E-state index in [4.69, 9.17) is 10.7 Å². The molecule has 0 atom stereocenters. The summed E-state index contributed by atoms with van der Waals surface area (Å²) in [4.78, 5) is 16.0. The van der Waals surface area contributed by atoms with Crippen LogP contribution < -0.4 is 10.6 Å². The number of hydrogen-bond donors (Lipinski definition) is 2. The number of nitrogens with two attached hydrogens (primary N) is 1. The highest BCUT2D eigenvalue weighted by Crippen LogP contribution is 2.29. The van der Waals surface area contributed by atoms with Gasteiger partial charge in [0.1, 0.15) is 17.2 Å². The van der Waals surface area contributed by atoms with Gasteiger partial charge < -0.3 is 10.6 Å². The van der Waals surface area contributed by atoms with E-state index in [9.17, 15) is 0 Å². The van der Waals surface area contributed by atoms with Gasteiger partial charge in [0.05, 0.1) is 23.6 Å². The Morgan fingerprint density at radius 3 is 2.75 bits per heavy atom.